The monoisotopic (exact) mass is 352 g/mol. The molecule has 4 nitrogen and oxygen atoms in total. The molecule has 0 bridgehead atoms. The van der Waals surface area contributed by atoms with Crippen LogP contribution in [-0.4, -0.2) is 39.6 Å². The van der Waals surface area contributed by atoms with Gasteiger partial charge in [-0.2, -0.15) is 0 Å². The molecule has 138 valence electrons. The second-order valence-corrected chi connectivity index (χ2v) is 8.19. The largest absolute Gasteiger partial charge is 0.390 e. The lowest BCUT2D eigenvalue weighted by Crippen LogP contribution is -2.44. The van der Waals surface area contributed by atoms with Gasteiger partial charge in [0, 0.05) is 24.4 Å². The topological polar surface area (TPSA) is 53.4 Å². The van der Waals surface area contributed by atoms with Gasteiger partial charge < -0.3 is 10.0 Å². The molecule has 1 aliphatic carbocycles. The Morgan fingerprint density at radius 3 is 2.92 bits per heavy atom. The lowest BCUT2D eigenvalue weighted by atomic mass is 9.69. The lowest BCUT2D eigenvalue weighted by Gasteiger charge is -2.40. The normalized spacial score (nSPS) is 28.4. The Labute approximate surface area is 155 Å². The molecule has 3 atom stereocenters. The summed E-state index contributed by atoms with van der Waals surface area (Å²) >= 11 is 0. The summed E-state index contributed by atoms with van der Waals surface area (Å²) in [6.07, 6.45) is 3.81. The van der Waals surface area contributed by atoms with Crippen molar-refractivity contribution in [2.24, 2.45) is 11.8 Å². The van der Waals surface area contributed by atoms with Crippen molar-refractivity contribution < 1.29 is 9.90 Å². The van der Waals surface area contributed by atoms with E-state index >= 15 is 0 Å². The molecule has 4 rings (SSSR count). The first-order chi connectivity index (χ1) is 12.4. The average Bonchev–Trinajstić information content (AvgIpc) is 3.07. The molecule has 1 aliphatic heterocycles. The zero-order valence-electron chi connectivity index (χ0n) is 16.0. The zero-order valence-corrected chi connectivity index (χ0v) is 16.0. The summed E-state index contributed by atoms with van der Waals surface area (Å²) in [6.45, 7) is 7.46. The number of likely N-dealkylation sites (tertiary alicyclic amines) is 1. The van der Waals surface area contributed by atoms with Gasteiger partial charge in [0.2, 0.25) is 0 Å². The van der Waals surface area contributed by atoms with Crippen molar-refractivity contribution in [1.82, 2.24) is 9.88 Å². The van der Waals surface area contributed by atoms with Crippen LogP contribution in [0.5, 0.6) is 0 Å². The van der Waals surface area contributed by atoms with Crippen molar-refractivity contribution in [2.75, 3.05) is 13.1 Å². The first kappa shape index (κ1) is 17.5. The van der Waals surface area contributed by atoms with E-state index in [-0.39, 0.29) is 11.8 Å². The van der Waals surface area contributed by atoms with Crippen molar-refractivity contribution in [3.63, 3.8) is 0 Å². The third kappa shape index (κ3) is 2.71. The minimum Gasteiger partial charge on any atom is -0.390 e. The first-order valence-corrected chi connectivity index (χ1v) is 9.81. The minimum atomic E-state index is -0.605. The molecule has 2 aliphatic rings. The minimum absolute atomic E-state index is 0.0614. The van der Waals surface area contributed by atoms with Crippen LogP contribution in [0.3, 0.4) is 0 Å². The number of aryl methyl sites for hydroxylation is 2. The predicted molar refractivity (Wildman–Crippen MR) is 103 cm³/mol. The Balaban J connectivity index is 1.65. The summed E-state index contributed by atoms with van der Waals surface area (Å²) in [5.41, 5.74) is 2.98. The van der Waals surface area contributed by atoms with E-state index in [1.807, 2.05) is 43.0 Å². The Morgan fingerprint density at radius 1 is 1.35 bits per heavy atom. The fraction of sp³-hybridized carbons (Fsp3) is 0.545. The molecule has 2 fully saturated rings. The smallest absolute Gasteiger partial charge is 0.255 e. The van der Waals surface area contributed by atoms with Gasteiger partial charge in [-0.1, -0.05) is 31.5 Å². The van der Waals surface area contributed by atoms with E-state index in [0.29, 0.717) is 18.0 Å². The zero-order chi connectivity index (χ0) is 18.5. The van der Waals surface area contributed by atoms with E-state index in [1.54, 1.807) is 0 Å². The molecule has 26 heavy (non-hydrogen) atoms. The number of aliphatic hydroxyl groups is 1. The number of hydrogen-bond acceptors (Lipinski definition) is 3. The van der Waals surface area contributed by atoms with E-state index in [2.05, 4.69) is 6.92 Å². The predicted octanol–water partition coefficient (Wildman–Crippen LogP) is 3.86. The summed E-state index contributed by atoms with van der Waals surface area (Å²) in [6, 6.07) is 8.06. The number of carbonyl (C=O) groups is 1. The highest BCUT2D eigenvalue weighted by Gasteiger charge is 2.48. The van der Waals surface area contributed by atoms with Crippen LogP contribution in [0.1, 0.15) is 54.2 Å². The number of para-hydroxylation sites is 1. The van der Waals surface area contributed by atoms with E-state index in [4.69, 9.17) is 4.98 Å². The quantitative estimate of drug-likeness (QED) is 0.893. The Kier molecular flexibility index (Phi) is 4.26. The van der Waals surface area contributed by atoms with Gasteiger partial charge in [0.05, 0.1) is 22.4 Å². The second kappa shape index (κ2) is 6.34. The SMILES string of the molecule is CC[C@]1(O)CCC[C@H]2CN(C(=O)c3cc4cccc(C)c4nc3C)C[C@H]21. The molecule has 1 N–H and O–H groups in total. The average molecular weight is 352 g/mol. The van der Waals surface area contributed by atoms with Gasteiger partial charge in [-0.05, 0) is 50.7 Å². The fourth-order valence-electron chi connectivity index (χ4n) is 5.06. The van der Waals surface area contributed by atoms with Gasteiger partial charge >= 0.3 is 0 Å². The van der Waals surface area contributed by atoms with E-state index in [0.717, 1.165) is 54.4 Å². The highest BCUT2D eigenvalue weighted by Crippen LogP contribution is 2.44. The summed E-state index contributed by atoms with van der Waals surface area (Å²) in [7, 11) is 0. The van der Waals surface area contributed by atoms with Crippen molar-refractivity contribution >= 4 is 16.8 Å². The van der Waals surface area contributed by atoms with Crippen molar-refractivity contribution in [2.45, 2.75) is 52.1 Å². The lowest BCUT2D eigenvalue weighted by molar-refractivity contribution is -0.0609. The maximum atomic E-state index is 13.2. The highest BCUT2D eigenvalue weighted by molar-refractivity contribution is 5.99. The van der Waals surface area contributed by atoms with Crippen LogP contribution in [0.2, 0.25) is 0 Å². The van der Waals surface area contributed by atoms with Crippen LogP contribution in [0, 0.1) is 25.7 Å². The second-order valence-electron chi connectivity index (χ2n) is 8.19. The maximum absolute atomic E-state index is 13.2. The molecule has 1 saturated heterocycles. The Bertz CT molecular complexity index is 863. The van der Waals surface area contributed by atoms with Crippen LogP contribution in [0.25, 0.3) is 10.9 Å². The number of nitrogens with zero attached hydrogens (tertiary/aromatic N) is 2. The molecule has 2 aromatic rings. The third-order valence-corrected chi connectivity index (χ3v) is 6.68. The van der Waals surface area contributed by atoms with Crippen LogP contribution >= 0.6 is 0 Å². The molecule has 2 heterocycles. The molecular formula is C22H28N2O2. The molecule has 4 heteroatoms. The van der Waals surface area contributed by atoms with Gasteiger partial charge in [0.1, 0.15) is 0 Å². The number of rotatable bonds is 2. The number of amides is 1. The third-order valence-electron chi connectivity index (χ3n) is 6.68. The van der Waals surface area contributed by atoms with Crippen LogP contribution in [-0.2, 0) is 0 Å². The standard InChI is InChI=1S/C22H28N2O2/c1-4-22(26)10-6-9-17-12-24(13-19(17)22)21(25)18-11-16-8-5-7-14(2)20(16)23-15(18)3/h5,7-8,11,17,19,26H,4,6,9-10,12-13H2,1-3H3/t17-,19+,22-/m0/s1. The fourth-order valence-corrected chi connectivity index (χ4v) is 5.06. The molecule has 0 spiro atoms. The van der Waals surface area contributed by atoms with Gasteiger partial charge in [-0.3, -0.25) is 9.78 Å². The number of aromatic nitrogens is 1. The van der Waals surface area contributed by atoms with Crippen LogP contribution in [0.15, 0.2) is 24.3 Å². The van der Waals surface area contributed by atoms with Crippen molar-refractivity contribution in [3.8, 4) is 0 Å². The molecule has 1 aromatic carbocycles. The van der Waals surface area contributed by atoms with Gasteiger partial charge in [0.15, 0.2) is 0 Å². The maximum Gasteiger partial charge on any atom is 0.255 e. The molecule has 0 radical (unpaired) electrons. The summed E-state index contributed by atoms with van der Waals surface area (Å²) < 4.78 is 0. The number of carbonyl (C=O) groups excluding carboxylic acids is 1. The van der Waals surface area contributed by atoms with Crippen LogP contribution in [0.4, 0.5) is 0 Å². The number of benzene rings is 1. The van der Waals surface area contributed by atoms with Gasteiger partial charge in [0.25, 0.3) is 5.91 Å². The number of pyridine rings is 1. The van der Waals surface area contributed by atoms with Crippen molar-refractivity contribution in [3.05, 3.63) is 41.1 Å². The number of fused-ring (bicyclic) bond motifs is 2. The molecule has 1 amide bonds. The molecule has 0 unspecified atom stereocenters. The Hall–Kier alpha value is -1.94. The molecular weight excluding hydrogens is 324 g/mol. The van der Waals surface area contributed by atoms with Gasteiger partial charge in [-0.15, -0.1) is 0 Å². The van der Waals surface area contributed by atoms with Gasteiger partial charge in [-0.25, -0.2) is 0 Å². The summed E-state index contributed by atoms with van der Waals surface area (Å²) in [5, 5.41) is 12.0. The number of hydrogen-bond donors (Lipinski definition) is 1. The Morgan fingerprint density at radius 2 is 2.15 bits per heavy atom. The van der Waals surface area contributed by atoms with E-state index < -0.39 is 5.60 Å². The first-order valence-electron chi connectivity index (χ1n) is 9.81. The highest BCUT2D eigenvalue weighted by atomic mass is 16.3. The van der Waals surface area contributed by atoms with Crippen LogP contribution < -0.4 is 0 Å². The molecule has 1 aromatic heterocycles. The van der Waals surface area contributed by atoms with E-state index in [9.17, 15) is 9.90 Å². The van der Waals surface area contributed by atoms with Crippen molar-refractivity contribution in [1.29, 1.82) is 0 Å². The summed E-state index contributed by atoms with van der Waals surface area (Å²) in [5.74, 6) is 0.695. The molecule has 1 saturated carbocycles. The summed E-state index contributed by atoms with van der Waals surface area (Å²) in [4.78, 5) is 19.9. The van der Waals surface area contributed by atoms with E-state index in [1.165, 1.54) is 0 Å².